The van der Waals surface area contributed by atoms with Gasteiger partial charge in [0.2, 0.25) is 5.91 Å². The summed E-state index contributed by atoms with van der Waals surface area (Å²) in [6.07, 6.45) is 1.67. The Balaban J connectivity index is 1.90. The third-order valence-electron chi connectivity index (χ3n) is 3.24. The van der Waals surface area contributed by atoms with E-state index in [2.05, 4.69) is 5.32 Å². The number of hydrogen-bond acceptors (Lipinski definition) is 4. The molecule has 1 aromatic carbocycles. The van der Waals surface area contributed by atoms with Gasteiger partial charge < -0.3 is 10.1 Å². The molecule has 0 aromatic heterocycles. The molecule has 1 unspecified atom stereocenters. The Kier molecular flexibility index (Phi) is 4.52. The van der Waals surface area contributed by atoms with Crippen LogP contribution in [-0.2, 0) is 14.3 Å². The lowest BCUT2D eigenvalue weighted by Crippen LogP contribution is -2.41. The molecule has 102 valence electrons. The summed E-state index contributed by atoms with van der Waals surface area (Å²) in [5, 5.41) is 2.81. The molecule has 0 bridgehead atoms. The maximum Gasteiger partial charge on any atom is 0.323 e. The second kappa shape index (κ2) is 6.33. The minimum atomic E-state index is -0.286. The summed E-state index contributed by atoms with van der Waals surface area (Å²) in [6, 6.07) is 9.00. The predicted molar refractivity (Wildman–Crippen MR) is 71.7 cm³/mol. The van der Waals surface area contributed by atoms with E-state index in [-0.39, 0.29) is 24.5 Å². The van der Waals surface area contributed by atoms with Gasteiger partial charge in [0.1, 0.15) is 6.04 Å². The zero-order valence-corrected chi connectivity index (χ0v) is 11.0. The minimum Gasteiger partial charge on any atom is -0.468 e. The van der Waals surface area contributed by atoms with Gasteiger partial charge in [-0.3, -0.25) is 14.5 Å². The Morgan fingerprint density at radius 2 is 2.11 bits per heavy atom. The Morgan fingerprint density at radius 3 is 2.79 bits per heavy atom. The molecule has 1 amide bonds. The predicted octanol–water partition coefficient (Wildman–Crippen LogP) is 1.26. The van der Waals surface area contributed by atoms with E-state index in [0.29, 0.717) is 0 Å². The van der Waals surface area contributed by atoms with Gasteiger partial charge in [0, 0.05) is 5.69 Å². The molecule has 0 spiro atoms. The molecule has 5 heteroatoms. The maximum absolute atomic E-state index is 11.9. The van der Waals surface area contributed by atoms with Crippen molar-refractivity contribution in [1.29, 1.82) is 0 Å². The highest BCUT2D eigenvalue weighted by molar-refractivity contribution is 5.92. The second-order valence-corrected chi connectivity index (χ2v) is 4.57. The molecule has 0 aliphatic carbocycles. The number of carbonyl (C=O) groups excluding carboxylic acids is 2. The van der Waals surface area contributed by atoms with Crippen molar-refractivity contribution in [3.05, 3.63) is 30.3 Å². The summed E-state index contributed by atoms with van der Waals surface area (Å²) in [5.41, 5.74) is 0.765. The van der Waals surface area contributed by atoms with E-state index in [1.807, 2.05) is 35.2 Å². The average molecular weight is 262 g/mol. The smallest absolute Gasteiger partial charge is 0.323 e. The van der Waals surface area contributed by atoms with Gasteiger partial charge in [-0.15, -0.1) is 0 Å². The molecule has 1 fully saturated rings. The minimum absolute atomic E-state index is 0.109. The zero-order valence-electron chi connectivity index (χ0n) is 11.0. The van der Waals surface area contributed by atoms with Gasteiger partial charge in [0.25, 0.3) is 0 Å². The number of rotatable bonds is 4. The van der Waals surface area contributed by atoms with Crippen LogP contribution in [0.3, 0.4) is 0 Å². The topological polar surface area (TPSA) is 58.6 Å². The van der Waals surface area contributed by atoms with Gasteiger partial charge in [-0.05, 0) is 31.5 Å². The molecule has 2 rings (SSSR count). The lowest BCUT2D eigenvalue weighted by Gasteiger charge is -2.21. The number of amides is 1. The first-order chi connectivity index (χ1) is 9.20. The molecule has 1 saturated heterocycles. The highest BCUT2D eigenvalue weighted by Gasteiger charge is 2.32. The lowest BCUT2D eigenvalue weighted by atomic mass is 10.2. The standard InChI is InChI=1S/C14H18N2O3/c1-19-14(18)12-8-5-9-16(12)10-13(17)15-11-6-3-2-4-7-11/h2-4,6-7,12H,5,8-10H2,1H3,(H,15,17). The molecule has 1 aliphatic rings. The monoisotopic (exact) mass is 262 g/mol. The normalized spacial score (nSPS) is 19.1. The summed E-state index contributed by atoms with van der Waals surface area (Å²) >= 11 is 0. The molecule has 1 aromatic rings. The van der Waals surface area contributed by atoms with E-state index in [9.17, 15) is 9.59 Å². The third-order valence-corrected chi connectivity index (χ3v) is 3.24. The van der Waals surface area contributed by atoms with Crippen molar-refractivity contribution >= 4 is 17.6 Å². The molecular formula is C14H18N2O3. The van der Waals surface area contributed by atoms with Crippen LogP contribution in [-0.4, -0.2) is 43.0 Å². The van der Waals surface area contributed by atoms with Crippen LogP contribution in [0.5, 0.6) is 0 Å². The molecule has 0 saturated carbocycles. The average Bonchev–Trinajstić information content (AvgIpc) is 2.87. The SMILES string of the molecule is COC(=O)C1CCCN1CC(=O)Nc1ccccc1. The van der Waals surface area contributed by atoms with Crippen molar-refractivity contribution < 1.29 is 14.3 Å². The van der Waals surface area contributed by atoms with E-state index >= 15 is 0 Å². The Bertz CT molecular complexity index is 447. The van der Waals surface area contributed by atoms with E-state index in [0.717, 1.165) is 25.1 Å². The van der Waals surface area contributed by atoms with Crippen molar-refractivity contribution in [1.82, 2.24) is 4.90 Å². The van der Waals surface area contributed by atoms with Crippen LogP contribution in [0, 0.1) is 0 Å². The Labute approximate surface area is 112 Å². The summed E-state index contributed by atoms with van der Waals surface area (Å²) in [5.74, 6) is -0.369. The first-order valence-corrected chi connectivity index (χ1v) is 6.37. The van der Waals surface area contributed by atoms with E-state index < -0.39 is 0 Å². The van der Waals surface area contributed by atoms with Crippen molar-refractivity contribution in [2.24, 2.45) is 0 Å². The fourth-order valence-corrected chi connectivity index (χ4v) is 2.32. The van der Waals surface area contributed by atoms with Crippen LogP contribution in [0.1, 0.15) is 12.8 Å². The highest BCUT2D eigenvalue weighted by atomic mass is 16.5. The van der Waals surface area contributed by atoms with Gasteiger partial charge >= 0.3 is 5.97 Å². The quantitative estimate of drug-likeness (QED) is 0.830. The number of benzene rings is 1. The van der Waals surface area contributed by atoms with E-state index in [4.69, 9.17) is 4.74 Å². The molecule has 5 nitrogen and oxygen atoms in total. The van der Waals surface area contributed by atoms with Crippen LogP contribution >= 0.6 is 0 Å². The molecule has 19 heavy (non-hydrogen) atoms. The first kappa shape index (κ1) is 13.5. The first-order valence-electron chi connectivity index (χ1n) is 6.37. The van der Waals surface area contributed by atoms with Crippen LogP contribution < -0.4 is 5.32 Å². The number of ether oxygens (including phenoxy) is 1. The fraction of sp³-hybridized carbons (Fsp3) is 0.429. The van der Waals surface area contributed by atoms with Gasteiger partial charge in [0.15, 0.2) is 0 Å². The van der Waals surface area contributed by atoms with Crippen LogP contribution in [0.25, 0.3) is 0 Å². The number of hydrogen-bond donors (Lipinski definition) is 1. The van der Waals surface area contributed by atoms with Gasteiger partial charge in [-0.2, -0.15) is 0 Å². The number of esters is 1. The largest absolute Gasteiger partial charge is 0.468 e. The molecule has 1 atom stereocenters. The number of para-hydroxylation sites is 1. The van der Waals surface area contributed by atoms with Gasteiger partial charge in [0.05, 0.1) is 13.7 Å². The van der Waals surface area contributed by atoms with E-state index in [1.165, 1.54) is 7.11 Å². The number of nitrogens with one attached hydrogen (secondary N) is 1. The van der Waals surface area contributed by atoms with Crippen LogP contribution in [0.4, 0.5) is 5.69 Å². The van der Waals surface area contributed by atoms with Crippen LogP contribution in [0.15, 0.2) is 30.3 Å². The van der Waals surface area contributed by atoms with Crippen molar-refractivity contribution in [2.75, 3.05) is 25.5 Å². The highest BCUT2D eigenvalue weighted by Crippen LogP contribution is 2.18. The van der Waals surface area contributed by atoms with Gasteiger partial charge in [-0.1, -0.05) is 18.2 Å². The summed E-state index contributed by atoms with van der Waals surface area (Å²) < 4.78 is 4.75. The van der Waals surface area contributed by atoms with Crippen molar-refractivity contribution in [3.63, 3.8) is 0 Å². The lowest BCUT2D eigenvalue weighted by molar-refractivity contribution is -0.146. The number of nitrogens with zero attached hydrogens (tertiary/aromatic N) is 1. The molecule has 1 aliphatic heterocycles. The Morgan fingerprint density at radius 1 is 1.37 bits per heavy atom. The maximum atomic E-state index is 11.9. The second-order valence-electron chi connectivity index (χ2n) is 4.57. The number of methoxy groups -OCH3 is 1. The van der Waals surface area contributed by atoms with Crippen molar-refractivity contribution in [2.45, 2.75) is 18.9 Å². The summed E-state index contributed by atoms with van der Waals surface area (Å²) in [4.78, 5) is 25.4. The van der Waals surface area contributed by atoms with E-state index in [1.54, 1.807) is 0 Å². The molecule has 0 radical (unpaired) electrons. The van der Waals surface area contributed by atoms with Crippen molar-refractivity contribution in [3.8, 4) is 0 Å². The number of likely N-dealkylation sites (tertiary alicyclic amines) is 1. The number of anilines is 1. The molecule has 1 N–H and O–H groups in total. The summed E-state index contributed by atoms with van der Waals surface area (Å²) in [6.45, 7) is 0.969. The Hall–Kier alpha value is -1.88. The van der Waals surface area contributed by atoms with Gasteiger partial charge in [-0.25, -0.2) is 0 Å². The number of carbonyl (C=O) groups is 2. The third kappa shape index (κ3) is 3.54. The molecular weight excluding hydrogens is 244 g/mol. The fourth-order valence-electron chi connectivity index (χ4n) is 2.32. The summed E-state index contributed by atoms with van der Waals surface area (Å²) in [7, 11) is 1.38. The zero-order chi connectivity index (χ0) is 13.7. The van der Waals surface area contributed by atoms with Crippen LogP contribution in [0.2, 0.25) is 0 Å². The molecule has 1 heterocycles.